The van der Waals surface area contributed by atoms with Gasteiger partial charge in [-0.05, 0) is 5.92 Å². The van der Waals surface area contributed by atoms with Crippen molar-refractivity contribution in [3.8, 4) is 0 Å². The fraction of sp³-hybridized carbons (Fsp3) is 0.583. The Hall–Kier alpha value is -1.85. The van der Waals surface area contributed by atoms with Crippen LogP contribution in [0.2, 0.25) is 0 Å². The highest BCUT2D eigenvalue weighted by molar-refractivity contribution is 5.90. The first-order chi connectivity index (χ1) is 8.58. The molecule has 0 saturated carbocycles. The second kappa shape index (κ2) is 5.20. The topological polar surface area (TPSA) is 75.4 Å². The van der Waals surface area contributed by atoms with Crippen molar-refractivity contribution in [2.75, 3.05) is 6.54 Å². The minimum Gasteiger partial charge on any atom is -0.360 e. The fourth-order valence-electron chi connectivity index (χ4n) is 1.97. The van der Waals surface area contributed by atoms with E-state index >= 15 is 0 Å². The van der Waals surface area contributed by atoms with E-state index in [0.717, 1.165) is 0 Å². The van der Waals surface area contributed by atoms with Crippen LogP contribution in [0.4, 0.5) is 0 Å². The van der Waals surface area contributed by atoms with Crippen LogP contribution in [0.15, 0.2) is 16.8 Å². The lowest BCUT2D eigenvalue weighted by Crippen LogP contribution is -2.47. The third-order valence-electron chi connectivity index (χ3n) is 3.01. The fourth-order valence-corrected chi connectivity index (χ4v) is 1.97. The predicted molar refractivity (Wildman–Crippen MR) is 63.3 cm³/mol. The molecule has 1 aliphatic heterocycles. The van der Waals surface area contributed by atoms with Crippen LogP contribution in [0.25, 0.3) is 0 Å². The first-order valence-corrected chi connectivity index (χ1v) is 6.05. The van der Waals surface area contributed by atoms with Crippen molar-refractivity contribution < 1.29 is 14.1 Å². The first kappa shape index (κ1) is 12.6. The molecular formula is C12H17N3O3. The Balaban J connectivity index is 2.13. The molecule has 0 aromatic carbocycles. The average molecular weight is 251 g/mol. The van der Waals surface area contributed by atoms with Gasteiger partial charge in [0.05, 0.1) is 12.7 Å². The molecule has 1 atom stereocenters. The zero-order valence-electron chi connectivity index (χ0n) is 10.5. The summed E-state index contributed by atoms with van der Waals surface area (Å²) >= 11 is 0. The average Bonchev–Trinajstić information content (AvgIpc) is 2.78. The molecule has 0 bridgehead atoms. The number of carbonyl (C=O) groups is 2. The van der Waals surface area contributed by atoms with E-state index in [1.54, 1.807) is 17.2 Å². The summed E-state index contributed by atoms with van der Waals surface area (Å²) in [4.78, 5) is 25.5. The summed E-state index contributed by atoms with van der Waals surface area (Å²) in [5, 5.41) is 6.37. The standard InChI is InChI=1S/C12H17N3O3/c1-8(2)11-12(17)15(6-4-10(16)14-11)7-9-3-5-13-18-9/h3,5,8,11H,4,6-7H2,1-2H3,(H,14,16). The van der Waals surface area contributed by atoms with Gasteiger partial charge in [-0.1, -0.05) is 19.0 Å². The van der Waals surface area contributed by atoms with Crippen molar-refractivity contribution in [2.24, 2.45) is 5.92 Å². The Kier molecular flexibility index (Phi) is 3.64. The molecule has 1 aromatic rings. The number of aromatic nitrogens is 1. The highest BCUT2D eigenvalue weighted by Crippen LogP contribution is 2.13. The van der Waals surface area contributed by atoms with Gasteiger partial charge in [0.2, 0.25) is 11.8 Å². The molecule has 1 aliphatic rings. The van der Waals surface area contributed by atoms with Gasteiger partial charge < -0.3 is 14.7 Å². The van der Waals surface area contributed by atoms with Crippen LogP contribution in [0, 0.1) is 5.92 Å². The predicted octanol–water partition coefficient (Wildman–Crippen LogP) is 0.548. The minimum atomic E-state index is -0.456. The molecule has 0 aliphatic carbocycles. The van der Waals surface area contributed by atoms with Gasteiger partial charge in [0.25, 0.3) is 0 Å². The normalized spacial score (nSPS) is 21.1. The molecule has 1 aromatic heterocycles. The maximum atomic E-state index is 12.3. The molecule has 1 unspecified atom stereocenters. The summed E-state index contributed by atoms with van der Waals surface area (Å²) in [5.74, 6) is 0.548. The summed E-state index contributed by atoms with van der Waals surface area (Å²) in [6.07, 6.45) is 1.87. The van der Waals surface area contributed by atoms with Gasteiger partial charge in [0, 0.05) is 19.0 Å². The number of hydrogen-bond donors (Lipinski definition) is 1. The molecule has 2 heterocycles. The SMILES string of the molecule is CC(C)C1NC(=O)CCN(Cc2ccno2)C1=O. The highest BCUT2D eigenvalue weighted by atomic mass is 16.5. The van der Waals surface area contributed by atoms with E-state index in [1.165, 1.54) is 0 Å². The summed E-state index contributed by atoms with van der Waals surface area (Å²) < 4.78 is 5.00. The van der Waals surface area contributed by atoms with Crippen LogP contribution in [-0.4, -0.2) is 34.5 Å². The molecule has 18 heavy (non-hydrogen) atoms. The lowest BCUT2D eigenvalue weighted by molar-refractivity contribution is -0.135. The molecule has 6 heteroatoms. The van der Waals surface area contributed by atoms with Crippen molar-refractivity contribution in [1.29, 1.82) is 0 Å². The van der Waals surface area contributed by atoms with Crippen molar-refractivity contribution in [3.05, 3.63) is 18.0 Å². The number of amides is 2. The van der Waals surface area contributed by atoms with Gasteiger partial charge in [0.1, 0.15) is 6.04 Å². The van der Waals surface area contributed by atoms with Crippen LogP contribution >= 0.6 is 0 Å². The monoisotopic (exact) mass is 251 g/mol. The molecule has 0 radical (unpaired) electrons. The Morgan fingerprint density at radius 3 is 2.94 bits per heavy atom. The van der Waals surface area contributed by atoms with Crippen molar-refractivity contribution in [2.45, 2.75) is 32.9 Å². The first-order valence-electron chi connectivity index (χ1n) is 6.05. The second-order valence-corrected chi connectivity index (χ2v) is 4.78. The zero-order chi connectivity index (χ0) is 13.1. The Bertz CT molecular complexity index is 428. The van der Waals surface area contributed by atoms with Gasteiger partial charge in [0.15, 0.2) is 5.76 Å². The molecule has 1 saturated heterocycles. The third kappa shape index (κ3) is 2.69. The molecular weight excluding hydrogens is 234 g/mol. The molecule has 0 spiro atoms. The van der Waals surface area contributed by atoms with E-state index in [9.17, 15) is 9.59 Å². The molecule has 1 N–H and O–H groups in total. The molecule has 2 amide bonds. The van der Waals surface area contributed by atoms with E-state index in [4.69, 9.17) is 4.52 Å². The largest absolute Gasteiger partial charge is 0.360 e. The number of nitrogens with one attached hydrogen (secondary N) is 1. The van der Waals surface area contributed by atoms with E-state index in [-0.39, 0.29) is 17.7 Å². The number of hydrogen-bond acceptors (Lipinski definition) is 4. The molecule has 6 nitrogen and oxygen atoms in total. The van der Waals surface area contributed by atoms with E-state index in [0.29, 0.717) is 25.3 Å². The van der Waals surface area contributed by atoms with Crippen molar-refractivity contribution >= 4 is 11.8 Å². The Morgan fingerprint density at radius 1 is 1.56 bits per heavy atom. The van der Waals surface area contributed by atoms with Gasteiger partial charge in [-0.2, -0.15) is 0 Å². The van der Waals surface area contributed by atoms with Gasteiger partial charge in [-0.15, -0.1) is 0 Å². The van der Waals surface area contributed by atoms with Crippen LogP contribution in [-0.2, 0) is 16.1 Å². The summed E-state index contributed by atoms with van der Waals surface area (Å²) in [6, 6.07) is 1.26. The molecule has 98 valence electrons. The Labute approximate surface area is 105 Å². The second-order valence-electron chi connectivity index (χ2n) is 4.78. The molecule has 1 fully saturated rings. The maximum absolute atomic E-state index is 12.3. The van der Waals surface area contributed by atoms with Gasteiger partial charge in [-0.25, -0.2) is 0 Å². The number of nitrogens with zero attached hydrogens (tertiary/aromatic N) is 2. The van der Waals surface area contributed by atoms with Crippen molar-refractivity contribution in [1.82, 2.24) is 15.4 Å². The molecule has 2 rings (SSSR count). The van der Waals surface area contributed by atoms with Gasteiger partial charge >= 0.3 is 0 Å². The summed E-state index contributed by atoms with van der Waals surface area (Å²) in [6.45, 7) is 4.60. The van der Waals surface area contributed by atoms with E-state index < -0.39 is 6.04 Å². The van der Waals surface area contributed by atoms with Crippen LogP contribution in [0.5, 0.6) is 0 Å². The Morgan fingerprint density at radius 2 is 2.33 bits per heavy atom. The van der Waals surface area contributed by atoms with E-state index in [1.807, 2.05) is 13.8 Å². The number of carbonyl (C=O) groups excluding carboxylic acids is 2. The lowest BCUT2D eigenvalue weighted by atomic mass is 10.0. The van der Waals surface area contributed by atoms with E-state index in [2.05, 4.69) is 10.5 Å². The highest BCUT2D eigenvalue weighted by Gasteiger charge is 2.32. The lowest BCUT2D eigenvalue weighted by Gasteiger charge is -2.25. The smallest absolute Gasteiger partial charge is 0.245 e. The minimum absolute atomic E-state index is 0.0627. The third-order valence-corrected chi connectivity index (χ3v) is 3.01. The van der Waals surface area contributed by atoms with Crippen LogP contribution in [0.1, 0.15) is 26.0 Å². The summed E-state index contributed by atoms with van der Waals surface area (Å²) in [7, 11) is 0. The maximum Gasteiger partial charge on any atom is 0.245 e. The van der Waals surface area contributed by atoms with Crippen LogP contribution < -0.4 is 5.32 Å². The summed E-state index contributed by atoms with van der Waals surface area (Å²) in [5.41, 5.74) is 0. The zero-order valence-corrected chi connectivity index (χ0v) is 10.5. The van der Waals surface area contributed by atoms with Crippen molar-refractivity contribution in [3.63, 3.8) is 0 Å². The quantitative estimate of drug-likeness (QED) is 0.851. The van der Waals surface area contributed by atoms with Gasteiger partial charge in [-0.3, -0.25) is 9.59 Å². The van der Waals surface area contributed by atoms with Crippen LogP contribution in [0.3, 0.4) is 0 Å². The number of rotatable bonds is 3.